The summed E-state index contributed by atoms with van der Waals surface area (Å²) in [6.07, 6.45) is 16.2. The summed E-state index contributed by atoms with van der Waals surface area (Å²) in [5.41, 5.74) is 1.87. The summed E-state index contributed by atoms with van der Waals surface area (Å²) in [6.45, 7) is 0.987. The predicted octanol–water partition coefficient (Wildman–Crippen LogP) is 7.01. The smallest absolute Gasteiger partial charge is 0.310 e. The van der Waals surface area contributed by atoms with Gasteiger partial charge < -0.3 is 14.9 Å². The number of aliphatic hydroxyl groups excluding tert-OH is 1. The molecule has 2 fully saturated rings. The second-order valence-electron chi connectivity index (χ2n) is 10.2. The third kappa shape index (κ3) is 15.2. The fourth-order valence-corrected chi connectivity index (χ4v) is 5.06. The van der Waals surface area contributed by atoms with Gasteiger partial charge in [0.1, 0.15) is 0 Å². The minimum atomic E-state index is -0.786. The molecule has 0 bridgehead atoms. The molecule has 5 heteroatoms. The van der Waals surface area contributed by atoms with Gasteiger partial charge >= 0.3 is 11.9 Å². The van der Waals surface area contributed by atoms with E-state index in [9.17, 15) is 9.59 Å². The van der Waals surface area contributed by atoms with Crippen molar-refractivity contribution in [3.05, 3.63) is 71.8 Å². The van der Waals surface area contributed by atoms with E-state index >= 15 is 0 Å². The molecule has 204 valence electrons. The topological polar surface area (TPSA) is 83.8 Å². The molecule has 0 aromatic heterocycles. The van der Waals surface area contributed by atoms with E-state index in [4.69, 9.17) is 14.9 Å². The van der Waals surface area contributed by atoms with Gasteiger partial charge in [-0.3, -0.25) is 9.59 Å². The van der Waals surface area contributed by atoms with Crippen LogP contribution in [0.3, 0.4) is 0 Å². The van der Waals surface area contributed by atoms with E-state index in [-0.39, 0.29) is 12.4 Å². The maximum Gasteiger partial charge on any atom is 0.310 e. The van der Waals surface area contributed by atoms with Gasteiger partial charge in [0.25, 0.3) is 0 Å². The van der Waals surface area contributed by atoms with E-state index in [0.29, 0.717) is 19.6 Å². The molecule has 0 amide bonds. The Morgan fingerprint density at radius 3 is 1.59 bits per heavy atom. The van der Waals surface area contributed by atoms with Crippen molar-refractivity contribution in [3.63, 3.8) is 0 Å². The molecule has 0 unspecified atom stereocenters. The van der Waals surface area contributed by atoms with Gasteiger partial charge in [-0.25, -0.2) is 0 Å². The van der Waals surface area contributed by atoms with E-state index in [1.165, 1.54) is 64.2 Å². The van der Waals surface area contributed by atoms with E-state index in [1.54, 1.807) is 12.1 Å². The minimum Gasteiger partial charge on any atom is -0.481 e. The molecule has 2 aromatic rings. The Labute approximate surface area is 223 Å². The molecular formula is C32H46O5. The van der Waals surface area contributed by atoms with Crippen molar-refractivity contribution < 1.29 is 24.5 Å². The van der Waals surface area contributed by atoms with Gasteiger partial charge in [-0.2, -0.15) is 0 Å². The number of aliphatic hydroxyl groups is 1. The van der Waals surface area contributed by atoms with Gasteiger partial charge in [-0.05, 0) is 35.8 Å². The molecule has 2 aromatic carbocycles. The van der Waals surface area contributed by atoms with Crippen molar-refractivity contribution in [2.24, 2.45) is 11.8 Å². The number of carboxylic acids is 1. The van der Waals surface area contributed by atoms with Crippen LogP contribution in [0.5, 0.6) is 0 Å². The number of ether oxygens (including phenoxy) is 1. The summed E-state index contributed by atoms with van der Waals surface area (Å²) >= 11 is 0. The van der Waals surface area contributed by atoms with Crippen LogP contribution in [0.15, 0.2) is 60.7 Å². The molecule has 2 aliphatic carbocycles. The highest BCUT2D eigenvalue weighted by Crippen LogP contribution is 2.26. The largest absolute Gasteiger partial charge is 0.481 e. The van der Waals surface area contributed by atoms with Gasteiger partial charge in [0, 0.05) is 6.61 Å². The number of hydrogen-bond donors (Lipinski definition) is 2. The van der Waals surface area contributed by atoms with E-state index < -0.39 is 5.97 Å². The van der Waals surface area contributed by atoms with Crippen molar-refractivity contribution in [3.8, 4) is 0 Å². The predicted molar refractivity (Wildman–Crippen MR) is 148 cm³/mol. The quantitative estimate of drug-likeness (QED) is 0.355. The Morgan fingerprint density at radius 1 is 0.676 bits per heavy atom. The molecule has 0 atom stereocenters. The molecule has 0 aliphatic heterocycles. The van der Waals surface area contributed by atoms with Crippen LogP contribution in [0.25, 0.3) is 0 Å². The van der Waals surface area contributed by atoms with Crippen molar-refractivity contribution in [1.29, 1.82) is 0 Å². The third-order valence-corrected chi connectivity index (χ3v) is 7.17. The first-order chi connectivity index (χ1) is 18.1. The van der Waals surface area contributed by atoms with Gasteiger partial charge in [-0.1, -0.05) is 125 Å². The van der Waals surface area contributed by atoms with E-state index in [0.717, 1.165) is 35.8 Å². The van der Waals surface area contributed by atoms with Crippen LogP contribution in [0.1, 0.15) is 88.2 Å². The second-order valence-corrected chi connectivity index (χ2v) is 10.2. The number of aliphatic carboxylic acids is 1. The highest BCUT2D eigenvalue weighted by Gasteiger charge is 2.14. The monoisotopic (exact) mass is 510 g/mol. The molecule has 0 heterocycles. The third-order valence-electron chi connectivity index (χ3n) is 7.17. The van der Waals surface area contributed by atoms with Crippen LogP contribution < -0.4 is 0 Å². The maximum absolute atomic E-state index is 11.6. The highest BCUT2D eigenvalue weighted by molar-refractivity contribution is 5.72. The normalized spacial score (nSPS) is 15.9. The van der Waals surface area contributed by atoms with Crippen molar-refractivity contribution in [2.45, 2.75) is 89.9 Å². The average molecular weight is 511 g/mol. The maximum atomic E-state index is 11.6. The zero-order valence-electron chi connectivity index (χ0n) is 22.4. The zero-order valence-corrected chi connectivity index (χ0v) is 22.4. The first-order valence-electron chi connectivity index (χ1n) is 14.1. The summed E-state index contributed by atoms with van der Waals surface area (Å²) in [5, 5.41) is 17.0. The van der Waals surface area contributed by atoms with Crippen molar-refractivity contribution in [2.75, 3.05) is 13.2 Å². The summed E-state index contributed by atoms with van der Waals surface area (Å²) in [7, 11) is 0. The number of rotatable bonds is 9. The van der Waals surface area contributed by atoms with Crippen molar-refractivity contribution in [1.82, 2.24) is 0 Å². The molecule has 0 spiro atoms. The molecule has 5 nitrogen and oxygen atoms in total. The van der Waals surface area contributed by atoms with Crippen molar-refractivity contribution >= 4 is 11.9 Å². The van der Waals surface area contributed by atoms with Gasteiger partial charge in [0.15, 0.2) is 0 Å². The van der Waals surface area contributed by atoms with Crippen LogP contribution in [-0.4, -0.2) is 35.4 Å². The zero-order chi connectivity index (χ0) is 26.6. The Kier molecular flexibility index (Phi) is 16.1. The SMILES string of the molecule is O=C(Cc1ccccc1)OCCC1CCCCC1.O=C(O)Cc1ccccc1.OCCC1CCCCC1. The first-order valence-corrected chi connectivity index (χ1v) is 14.1. The number of esters is 1. The van der Waals surface area contributed by atoms with Gasteiger partial charge in [0.05, 0.1) is 19.4 Å². The Hall–Kier alpha value is -2.66. The number of carbonyl (C=O) groups excluding carboxylic acids is 1. The molecule has 0 radical (unpaired) electrons. The fraction of sp³-hybridized carbons (Fsp3) is 0.562. The first kappa shape index (κ1) is 30.6. The molecule has 2 saturated carbocycles. The van der Waals surface area contributed by atoms with Gasteiger partial charge in [-0.15, -0.1) is 0 Å². The molecule has 37 heavy (non-hydrogen) atoms. The van der Waals surface area contributed by atoms with Gasteiger partial charge in [0.2, 0.25) is 0 Å². The number of benzene rings is 2. The lowest BCUT2D eigenvalue weighted by Crippen LogP contribution is -2.13. The minimum absolute atomic E-state index is 0.1000. The van der Waals surface area contributed by atoms with E-state index in [1.807, 2.05) is 48.5 Å². The van der Waals surface area contributed by atoms with Crippen LogP contribution in [0.4, 0.5) is 0 Å². The van der Waals surface area contributed by atoms with E-state index in [2.05, 4.69) is 0 Å². The number of hydrogen-bond acceptors (Lipinski definition) is 4. The summed E-state index contributed by atoms with van der Waals surface area (Å²) in [6, 6.07) is 18.9. The highest BCUT2D eigenvalue weighted by atomic mass is 16.5. The van der Waals surface area contributed by atoms with Crippen LogP contribution in [-0.2, 0) is 27.2 Å². The lowest BCUT2D eigenvalue weighted by molar-refractivity contribution is -0.143. The standard InChI is InChI=1S/C16H22O2.C8H8O2.C8H16O/c17-16(13-15-9-5-2-6-10-15)18-12-11-14-7-3-1-4-8-14;9-8(10)6-7-4-2-1-3-5-7;9-7-6-8-4-2-1-3-5-8/h2,5-6,9-10,14H,1,3-4,7-8,11-13H2;1-5H,6H2,(H,9,10);8-9H,1-7H2. The lowest BCUT2D eigenvalue weighted by atomic mass is 9.87. The Bertz CT molecular complexity index is 837. The molecule has 4 rings (SSSR count). The summed E-state index contributed by atoms with van der Waals surface area (Å²) in [5.74, 6) is 0.746. The molecule has 2 N–H and O–H groups in total. The number of carbonyl (C=O) groups is 2. The van der Waals surface area contributed by atoms with Crippen LogP contribution in [0, 0.1) is 11.8 Å². The lowest BCUT2D eigenvalue weighted by Gasteiger charge is -2.21. The molecule has 0 saturated heterocycles. The Morgan fingerprint density at radius 2 is 1.14 bits per heavy atom. The summed E-state index contributed by atoms with van der Waals surface area (Å²) in [4.78, 5) is 21.8. The molecular weight excluding hydrogens is 464 g/mol. The molecule has 2 aliphatic rings. The fourth-order valence-electron chi connectivity index (χ4n) is 5.06. The van der Waals surface area contributed by atoms with Crippen LogP contribution >= 0.6 is 0 Å². The average Bonchev–Trinajstić information content (AvgIpc) is 2.92. The number of carboxylic acid groups (broad SMARTS) is 1. The van der Waals surface area contributed by atoms with Crippen LogP contribution in [0.2, 0.25) is 0 Å². The Balaban J connectivity index is 0.000000214. The summed E-state index contributed by atoms with van der Waals surface area (Å²) < 4.78 is 5.31. The second kappa shape index (κ2) is 19.5.